The van der Waals surface area contributed by atoms with Crippen LogP contribution in [-0.2, 0) is 4.79 Å². The molecule has 0 aromatic heterocycles. The van der Waals surface area contributed by atoms with Crippen molar-refractivity contribution in [3.8, 4) is 0 Å². The van der Waals surface area contributed by atoms with E-state index in [0.717, 1.165) is 6.07 Å². The van der Waals surface area contributed by atoms with Crippen molar-refractivity contribution in [1.82, 2.24) is 0 Å². The van der Waals surface area contributed by atoms with Gasteiger partial charge in [0.2, 0.25) is 0 Å². The predicted octanol–water partition coefficient (Wildman–Crippen LogP) is 1.67. The molecular weight excluding hydrogens is 238 g/mol. The smallest absolute Gasteiger partial charge is 0.337 e. The third-order valence-electron chi connectivity index (χ3n) is 2.04. The van der Waals surface area contributed by atoms with Gasteiger partial charge in [-0.05, 0) is 13.0 Å². The zero-order valence-corrected chi connectivity index (χ0v) is 8.93. The first-order valence-corrected chi connectivity index (χ1v) is 4.57. The van der Waals surface area contributed by atoms with E-state index in [2.05, 4.69) is 0 Å². The molecule has 0 aliphatic heterocycles. The van der Waals surface area contributed by atoms with Crippen LogP contribution in [0.25, 0.3) is 0 Å². The molecular formula is C9H8ClNO5. The summed E-state index contributed by atoms with van der Waals surface area (Å²) in [5.41, 5.74) is -0.0340. The van der Waals surface area contributed by atoms with E-state index in [-0.39, 0.29) is 21.8 Å². The minimum atomic E-state index is -1.79. The molecule has 0 amide bonds. The summed E-state index contributed by atoms with van der Waals surface area (Å²) in [6, 6.07) is 2.22. The number of nitro benzene ring substituents is 1. The molecule has 7 heteroatoms. The topological polar surface area (TPSA) is 101 Å². The van der Waals surface area contributed by atoms with Crippen LogP contribution >= 0.6 is 11.6 Å². The number of aliphatic hydroxyl groups is 1. The highest BCUT2D eigenvalue weighted by Gasteiger charge is 2.22. The first-order chi connectivity index (χ1) is 7.34. The fraction of sp³-hybridized carbons (Fsp3) is 0.222. The molecule has 2 N–H and O–H groups in total. The summed E-state index contributed by atoms with van der Waals surface area (Å²) in [5, 5.41) is 28.3. The number of halogens is 1. The average Bonchev–Trinajstić information content (AvgIpc) is 2.19. The van der Waals surface area contributed by atoms with Gasteiger partial charge in [-0.1, -0.05) is 11.6 Å². The van der Waals surface area contributed by atoms with Crippen LogP contribution in [0.15, 0.2) is 12.1 Å². The number of hydrogen-bond donors (Lipinski definition) is 2. The van der Waals surface area contributed by atoms with E-state index >= 15 is 0 Å². The van der Waals surface area contributed by atoms with Crippen LogP contribution < -0.4 is 0 Å². The van der Waals surface area contributed by atoms with Gasteiger partial charge in [0.1, 0.15) is 0 Å². The number of benzene rings is 1. The van der Waals surface area contributed by atoms with Crippen molar-refractivity contribution in [2.24, 2.45) is 0 Å². The van der Waals surface area contributed by atoms with Gasteiger partial charge in [-0.25, -0.2) is 4.79 Å². The van der Waals surface area contributed by atoms with E-state index in [1.807, 2.05) is 0 Å². The highest BCUT2D eigenvalue weighted by Crippen LogP contribution is 2.30. The Balaban J connectivity index is 3.31. The molecule has 0 aliphatic rings. The Bertz CT molecular complexity index is 459. The minimum Gasteiger partial charge on any atom is -0.479 e. The van der Waals surface area contributed by atoms with Gasteiger partial charge in [0.15, 0.2) is 6.10 Å². The van der Waals surface area contributed by atoms with E-state index in [0.29, 0.717) is 0 Å². The van der Waals surface area contributed by atoms with Gasteiger partial charge in [-0.15, -0.1) is 0 Å². The Morgan fingerprint density at radius 3 is 2.56 bits per heavy atom. The molecule has 1 unspecified atom stereocenters. The summed E-state index contributed by atoms with van der Waals surface area (Å²) in [6.07, 6.45) is -1.79. The normalized spacial score (nSPS) is 12.2. The molecule has 16 heavy (non-hydrogen) atoms. The summed E-state index contributed by atoms with van der Waals surface area (Å²) in [4.78, 5) is 20.5. The molecule has 86 valence electrons. The van der Waals surface area contributed by atoms with E-state index in [1.165, 1.54) is 13.0 Å². The molecule has 0 bridgehead atoms. The molecule has 0 spiro atoms. The molecule has 0 saturated carbocycles. The maximum absolute atomic E-state index is 10.6. The Morgan fingerprint density at radius 2 is 2.12 bits per heavy atom. The number of carboxylic acid groups (broad SMARTS) is 1. The maximum Gasteiger partial charge on any atom is 0.337 e. The van der Waals surface area contributed by atoms with E-state index in [4.69, 9.17) is 16.7 Å². The lowest BCUT2D eigenvalue weighted by molar-refractivity contribution is -0.385. The van der Waals surface area contributed by atoms with E-state index < -0.39 is 17.0 Å². The SMILES string of the molecule is Cc1cc(C(O)C(=O)O)c(Cl)cc1[N+](=O)[O-]. The first-order valence-electron chi connectivity index (χ1n) is 4.20. The summed E-state index contributed by atoms with van der Waals surface area (Å²) in [7, 11) is 0. The number of hydrogen-bond acceptors (Lipinski definition) is 4. The van der Waals surface area contributed by atoms with Crippen molar-refractivity contribution in [2.75, 3.05) is 0 Å². The van der Waals surface area contributed by atoms with E-state index in [1.54, 1.807) is 0 Å². The molecule has 1 atom stereocenters. The number of aryl methyl sites for hydroxylation is 1. The average molecular weight is 246 g/mol. The van der Waals surface area contributed by atoms with Gasteiger partial charge in [0, 0.05) is 17.2 Å². The van der Waals surface area contributed by atoms with Gasteiger partial charge in [-0.3, -0.25) is 10.1 Å². The zero-order chi connectivity index (χ0) is 12.5. The standard InChI is InChI=1S/C9H8ClNO5/c1-4-2-5(8(12)9(13)14)6(10)3-7(4)11(15)16/h2-3,8,12H,1H3,(H,13,14). The molecule has 0 fully saturated rings. The van der Waals surface area contributed by atoms with Gasteiger partial charge < -0.3 is 10.2 Å². The number of aliphatic hydroxyl groups excluding tert-OH is 1. The largest absolute Gasteiger partial charge is 0.479 e. The number of nitro groups is 1. The molecule has 0 aliphatic carbocycles. The number of rotatable bonds is 3. The molecule has 1 aromatic rings. The maximum atomic E-state index is 10.6. The van der Waals surface area contributed by atoms with E-state index in [9.17, 15) is 20.0 Å². The minimum absolute atomic E-state index is 0.0581. The van der Waals surface area contributed by atoms with Crippen molar-refractivity contribution in [3.63, 3.8) is 0 Å². The predicted molar refractivity (Wildman–Crippen MR) is 55.4 cm³/mol. The van der Waals surface area contributed by atoms with Gasteiger partial charge in [0.25, 0.3) is 5.69 Å². The van der Waals surface area contributed by atoms with Crippen molar-refractivity contribution in [2.45, 2.75) is 13.0 Å². The molecule has 6 nitrogen and oxygen atoms in total. The van der Waals surface area contributed by atoms with Crippen LogP contribution in [0, 0.1) is 17.0 Å². The Hall–Kier alpha value is -1.66. The van der Waals surface area contributed by atoms with Gasteiger partial charge in [0.05, 0.1) is 9.95 Å². The number of nitrogens with zero attached hydrogens (tertiary/aromatic N) is 1. The summed E-state index contributed by atoms with van der Waals surface area (Å²) in [6.45, 7) is 1.44. The number of aliphatic carboxylic acids is 1. The molecule has 0 radical (unpaired) electrons. The molecule has 0 heterocycles. The highest BCUT2D eigenvalue weighted by molar-refractivity contribution is 6.31. The Morgan fingerprint density at radius 1 is 1.56 bits per heavy atom. The lowest BCUT2D eigenvalue weighted by atomic mass is 10.1. The van der Waals surface area contributed by atoms with Crippen molar-refractivity contribution >= 4 is 23.3 Å². The van der Waals surface area contributed by atoms with Crippen LogP contribution in [0.2, 0.25) is 5.02 Å². The summed E-state index contributed by atoms with van der Waals surface area (Å²) in [5.74, 6) is -1.46. The number of carbonyl (C=O) groups is 1. The fourth-order valence-corrected chi connectivity index (χ4v) is 1.49. The molecule has 0 saturated heterocycles. The highest BCUT2D eigenvalue weighted by atomic mass is 35.5. The van der Waals surface area contributed by atoms with Crippen LogP contribution in [-0.4, -0.2) is 21.1 Å². The lowest BCUT2D eigenvalue weighted by Gasteiger charge is -2.09. The summed E-state index contributed by atoms with van der Waals surface area (Å²) < 4.78 is 0. The third-order valence-corrected chi connectivity index (χ3v) is 2.37. The lowest BCUT2D eigenvalue weighted by Crippen LogP contribution is -2.11. The molecule has 1 aromatic carbocycles. The zero-order valence-electron chi connectivity index (χ0n) is 8.18. The Kier molecular flexibility index (Phi) is 3.46. The first kappa shape index (κ1) is 12.4. The summed E-state index contributed by atoms with van der Waals surface area (Å²) >= 11 is 5.66. The second-order valence-electron chi connectivity index (χ2n) is 3.16. The number of carboxylic acids is 1. The molecule has 1 rings (SSSR count). The van der Waals surface area contributed by atoms with Gasteiger partial charge >= 0.3 is 5.97 Å². The third kappa shape index (κ3) is 2.29. The second kappa shape index (κ2) is 4.46. The van der Waals surface area contributed by atoms with Crippen LogP contribution in [0.3, 0.4) is 0 Å². The Labute approximate surface area is 95.2 Å². The van der Waals surface area contributed by atoms with Crippen LogP contribution in [0.4, 0.5) is 5.69 Å². The van der Waals surface area contributed by atoms with Crippen molar-refractivity contribution in [3.05, 3.63) is 38.4 Å². The van der Waals surface area contributed by atoms with Gasteiger partial charge in [-0.2, -0.15) is 0 Å². The second-order valence-corrected chi connectivity index (χ2v) is 3.57. The van der Waals surface area contributed by atoms with Crippen LogP contribution in [0.1, 0.15) is 17.2 Å². The fourth-order valence-electron chi connectivity index (χ4n) is 1.23. The van der Waals surface area contributed by atoms with Crippen molar-refractivity contribution in [1.29, 1.82) is 0 Å². The van der Waals surface area contributed by atoms with Crippen LogP contribution in [0.5, 0.6) is 0 Å². The quantitative estimate of drug-likeness (QED) is 0.623. The monoisotopic (exact) mass is 245 g/mol. The van der Waals surface area contributed by atoms with Crippen molar-refractivity contribution < 1.29 is 19.9 Å².